The number of benzene rings is 1. The van der Waals surface area contributed by atoms with Crippen molar-refractivity contribution in [1.82, 2.24) is 30.5 Å². The Labute approximate surface area is 202 Å². The van der Waals surface area contributed by atoms with Crippen LogP contribution in [-0.4, -0.2) is 38.1 Å². The Morgan fingerprint density at radius 2 is 1.46 bits per heavy atom. The second-order valence-corrected chi connectivity index (χ2v) is 7.66. The summed E-state index contributed by atoms with van der Waals surface area (Å²) < 4.78 is 120. The molecular weight excluding hydrogens is 525 g/mol. The van der Waals surface area contributed by atoms with Gasteiger partial charge in [-0.05, 0) is 35.0 Å². The molecule has 200 valence electrons. The van der Waals surface area contributed by atoms with Gasteiger partial charge in [0.2, 0.25) is 0 Å². The SMILES string of the molecule is CNC(=O)c1ncc(C(F)(F)F)cc1CN(Cc1cc(C(F)(F)F)cc(C(F)(F)F)c1)c1nnn(C)n1. The minimum Gasteiger partial charge on any atom is -0.354 e. The lowest BCUT2D eigenvalue weighted by molar-refractivity contribution is -0.143. The summed E-state index contributed by atoms with van der Waals surface area (Å²) in [6.07, 6.45) is -14.7. The highest BCUT2D eigenvalue weighted by Gasteiger charge is 2.37. The molecule has 0 atom stereocenters. The van der Waals surface area contributed by atoms with Crippen LogP contribution in [-0.2, 0) is 38.7 Å². The topological polar surface area (TPSA) is 88.8 Å². The van der Waals surface area contributed by atoms with Gasteiger partial charge in [0.25, 0.3) is 11.9 Å². The number of carbonyl (C=O) groups excluding carboxylic acids is 1. The van der Waals surface area contributed by atoms with Gasteiger partial charge in [0.1, 0.15) is 5.69 Å². The standard InChI is InChI=1S/C20H16F9N7O/c1-30-16(37)15-11(5-14(7-31-15)20(27,28)29)9-36(17-32-34-35(2)33-17)8-10-3-12(18(21,22)23)6-13(4-10)19(24,25)26/h3-7H,8-9H2,1-2H3,(H,30,37). The molecule has 1 amide bonds. The Hall–Kier alpha value is -3.92. The van der Waals surface area contributed by atoms with Gasteiger partial charge >= 0.3 is 18.5 Å². The van der Waals surface area contributed by atoms with Crippen LogP contribution in [0.15, 0.2) is 30.5 Å². The number of amides is 1. The molecule has 2 heterocycles. The Morgan fingerprint density at radius 1 is 0.892 bits per heavy atom. The second-order valence-electron chi connectivity index (χ2n) is 7.66. The zero-order valence-electron chi connectivity index (χ0n) is 18.8. The van der Waals surface area contributed by atoms with Crippen molar-refractivity contribution in [1.29, 1.82) is 0 Å². The van der Waals surface area contributed by atoms with E-state index in [-0.39, 0.29) is 17.6 Å². The molecule has 17 heteroatoms. The lowest BCUT2D eigenvalue weighted by Gasteiger charge is -2.23. The quantitative estimate of drug-likeness (QED) is 0.470. The minimum atomic E-state index is -5.12. The van der Waals surface area contributed by atoms with E-state index in [4.69, 9.17) is 0 Å². The van der Waals surface area contributed by atoms with Crippen molar-refractivity contribution >= 4 is 11.9 Å². The van der Waals surface area contributed by atoms with E-state index in [1.165, 1.54) is 14.1 Å². The molecule has 1 N–H and O–H groups in total. The lowest BCUT2D eigenvalue weighted by atomic mass is 10.0. The Morgan fingerprint density at radius 3 is 1.92 bits per heavy atom. The van der Waals surface area contributed by atoms with E-state index < -0.39 is 65.5 Å². The van der Waals surface area contributed by atoms with Crippen molar-refractivity contribution in [2.45, 2.75) is 31.6 Å². The summed E-state index contributed by atoms with van der Waals surface area (Å²) in [5.74, 6) is -1.22. The van der Waals surface area contributed by atoms with Crippen molar-refractivity contribution in [2.75, 3.05) is 11.9 Å². The van der Waals surface area contributed by atoms with Gasteiger partial charge in [-0.3, -0.25) is 9.78 Å². The first-order valence-corrected chi connectivity index (χ1v) is 10.0. The fraction of sp³-hybridized carbons (Fsp3) is 0.350. The van der Waals surface area contributed by atoms with Crippen molar-refractivity contribution in [3.8, 4) is 0 Å². The largest absolute Gasteiger partial charge is 0.417 e. The van der Waals surface area contributed by atoms with Crippen LogP contribution in [0.3, 0.4) is 0 Å². The van der Waals surface area contributed by atoms with Crippen LogP contribution in [0.2, 0.25) is 0 Å². The average molecular weight is 541 g/mol. The maximum atomic E-state index is 13.3. The predicted molar refractivity (Wildman–Crippen MR) is 108 cm³/mol. The number of nitrogens with one attached hydrogen (secondary N) is 1. The summed E-state index contributed by atoms with van der Waals surface area (Å²) in [6.45, 7) is -1.37. The van der Waals surface area contributed by atoms with Gasteiger partial charge in [0, 0.05) is 31.9 Å². The van der Waals surface area contributed by atoms with E-state index in [1.807, 2.05) is 0 Å². The minimum absolute atomic E-state index is 0.0607. The normalized spacial score (nSPS) is 12.5. The van der Waals surface area contributed by atoms with Gasteiger partial charge in [-0.15, -0.1) is 5.10 Å². The van der Waals surface area contributed by atoms with E-state index in [1.54, 1.807) is 0 Å². The fourth-order valence-electron chi connectivity index (χ4n) is 3.24. The number of halogens is 9. The van der Waals surface area contributed by atoms with Crippen molar-refractivity contribution in [3.05, 3.63) is 64.0 Å². The van der Waals surface area contributed by atoms with Gasteiger partial charge < -0.3 is 10.2 Å². The monoisotopic (exact) mass is 541 g/mol. The lowest BCUT2D eigenvalue weighted by Crippen LogP contribution is -2.28. The van der Waals surface area contributed by atoms with Crippen molar-refractivity contribution in [2.24, 2.45) is 7.05 Å². The number of hydrogen-bond donors (Lipinski definition) is 1. The van der Waals surface area contributed by atoms with E-state index in [9.17, 15) is 44.3 Å². The molecule has 3 aromatic rings. The fourth-order valence-corrected chi connectivity index (χ4v) is 3.24. The number of anilines is 1. The summed E-state index contributed by atoms with van der Waals surface area (Å²) in [5.41, 5.74) is -5.71. The molecule has 0 saturated carbocycles. The van der Waals surface area contributed by atoms with Gasteiger partial charge in [-0.25, -0.2) is 0 Å². The molecule has 0 unspecified atom stereocenters. The third-order valence-electron chi connectivity index (χ3n) is 4.90. The number of pyridine rings is 1. The molecule has 3 rings (SSSR count). The maximum absolute atomic E-state index is 13.3. The molecule has 8 nitrogen and oxygen atoms in total. The molecule has 0 saturated heterocycles. The highest BCUT2D eigenvalue weighted by atomic mass is 19.4. The van der Waals surface area contributed by atoms with E-state index >= 15 is 0 Å². The highest BCUT2D eigenvalue weighted by Crippen LogP contribution is 2.37. The van der Waals surface area contributed by atoms with Gasteiger partial charge in [-0.1, -0.05) is 5.10 Å². The first kappa shape index (κ1) is 27.7. The summed E-state index contributed by atoms with van der Waals surface area (Å²) in [7, 11) is 2.50. The molecule has 37 heavy (non-hydrogen) atoms. The summed E-state index contributed by atoms with van der Waals surface area (Å²) in [6, 6.07) is 1.45. The van der Waals surface area contributed by atoms with E-state index in [0.29, 0.717) is 24.4 Å². The molecule has 2 aromatic heterocycles. The first-order valence-electron chi connectivity index (χ1n) is 10.0. The van der Waals surface area contributed by atoms with Gasteiger partial charge in [0.15, 0.2) is 0 Å². The molecule has 0 bridgehead atoms. The van der Waals surface area contributed by atoms with E-state index in [2.05, 4.69) is 25.7 Å². The van der Waals surface area contributed by atoms with Crippen LogP contribution in [0.4, 0.5) is 45.5 Å². The van der Waals surface area contributed by atoms with Crippen LogP contribution in [0.25, 0.3) is 0 Å². The zero-order chi connectivity index (χ0) is 27.8. The number of alkyl halides is 9. The van der Waals surface area contributed by atoms with Crippen LogP contribution >= 0.6 is 0 Å². The number of carbonyl (C=O) groups is 1. The van der Waals surface area contributed by atoms with Gasteiger partial charge in [0.05, 0.1) is 23.7 Å². The third kappa shape index (κ3) is 6.65. The molecule has 0 spiro atoms. The third-order valence-corrected chi connectivity index (χ3v) is 4.90. The Balaban J connectivity index is 2.13. The number of hydrogen-bond acceptors (Lipinski definition) is 6. The molecule has 0 aliphatic rings. The van der Waals surface area contributed by atoms with Crippen LogP contribution in [0.1, 0.15) is 38.3 Å². The molecule has 1 aromatic carbocycles. The van der Waals surface area contributed by atoms with Crippen LogP contribution in [0.5, 0.6) is 0 Å². The first-order chi connectivity index (χ1) is 17.0. The number of tetrazole rings is 1. The molecule has 0 radical (unpaired) electrons. The summed E-state index contributed by atoms with van der Waals surface area (Å²) in [4.78, 5) is 17.6. The molecule has 0 aliphatic heterocycles. The van der Waals surface area contributed by atoms with Crippen LogP contribution < -0.4 is 10.2 Å². The predicted octanol–water partition coefficient (Wildman–Crippen LogP) is 4.23. The zero-order valence-corrected chi connectivity index (χ0v) is 18.8. The summed E-state index contributed by atoms with van der Waals surface area (Å²) >= 11 is 0. The number of nitrogens with zero attached hydrogens (tertiary/aromatic N) is 6. The summed E-state index contributed by atoms with van der Waals surface area (Å²) in [5, 5.41) is 13.2. The number of rotatable bonds is 6. The van der Waals surface area contributed by atoms with Crippen molar-refractivity contribution in [3.63, 3.8) is 0 Å². The Kier molecular flexibility index (Phi) is 7.37. The van der Waals surface area contributed by atoms with E-state index in [0.717, 1.165) is 9.70 Å². The maximum Gasteiger partial charge on any atom is 0.417 e. The molecular formula is C20H16F9N7O. The van der Waals surface area contributed by atoms with Crippen molar-refractivity contribution < 1.29 is 44.3 Å². The molecule has 0 aliphatic carbocycles. The van der Waals surface area contributed by atoms with Gasteiger partial charge in [-0.2, -0.15) is 44.3 Å². The van der Waals surface area contributed by atoms with Crippen LogP contribution in [0, 0.1) is 0 Å². The highest BCUT2D eigenvalue weighted by molar-refractivity contribution is 5.93. The second kappa shape index (κ2) is 9.85. The molecule has 0 fully saturated rings. The smallest absolute Gasteiger partial charge is 0.354 e. The Bertz CT molecular complexity index is 1250. The average Bonchev–Trinajstić information content (AvgIpc) is 3.22. The number of aromatic nitrogens is 5. The number of aryl methyl sites for hydroxylation is 1.